The van der Waals surface area contributed by atoms with Crippen LogP contribution in [0.1, 0.15) is 0 Å². The quantitative estimate of drug-likeness (QED) is 0.158. The number of fused-ring (bicyclic) bond motifs is 3. The van der Waals surface area contributed by atoms with Gasteiger partial charge in [-0.2, -0.15) is 0 Å². The van der Waals surface area contributed by atoms with Crippen molar-refractivity contribution in [3.63, 3.8) is 0 Å². The van der Waals surface area contributed by atoms with Crippen molar-refractivity contribution in [3.05, 3.63) is 205 Å². The predicted octanol–water partition coefficient (Wildman–Crippen LogP) is 14.2. The highest BCUT2D eigenvalue weighted by molar-refractivity contribution is 6.09. The van der Waals surface area contributed by atoms with Crippen molar-refractivity contribution in [2.24, 2.45) is 0 Å². The van der Waals surface area contributed by atoms with Gasteiger partial charge in [0.2, 0.25) is 0 Å². The molecule has 0 atom stereocenters. The van der Waals surface area contributed by atoms with E-state index in [0.717, 1.165) is 44.1 Å². The SMILES string of the molecule is Fc1cccc(N(c2ccc(-c3ccc4[nH]c5ccc(-c6ccc(N(c7cccc(F)c7)c7ccccc7F)cc6)cc5c4c3)cc2)c2ccccc2F)c1. The van der Waals surface area contributed by atoms with Gasteiger partial charge >= 0.3 is 0 Å². The number of hydrogen-bond acceptors (Lipinski definition) is 2. The van der Waals surface area contributed by atoms with E-state index in [1.54, 1.807) is 70.5 Å². The molecule has 0 aliphatic carbocycles. The summed E-state index contributed by atoms with van der Waals surface area (Å²) in [4.78, 5) is 6.94. The van der Waals surface area contributed by atoms with Crippen LogP contribution in [-0.4, -0.2) is 4.98 Å². The molecule has 8 aromatic carbocycles. The Hall–Kier alpha value is -7.12. The fourth-order valence-electron chi connectivity index (χ4n) is 7.21. The minimum absolute atomic E-state index is 0.320. The summed E-state index contributed by atoms with van der Waals surface area (Å²) in [7, 11) is 0. The Morgan fingerprint density at radius 3 is 1.13 bits per heavy atom. The Labute approximate surface area is 315 Å². The molecule has 1 N–H and O–H groups in total. The van der Waals surface area contributed by atoms with E-state index in [0.29, 0.717) is 34.1 Å². The number of rotatable bonds is 8. The van der Waals surface area contributed by atoms with Crippen molar-refractivity contribution in [2.75, 3.05) is 9.80 Å². The van der Waals surface area contributed by atoms with Crippen LogP contribution in [0, 0.1) is 23.3 Å². The number of nitrogens with one attached hydrogen (secondary N) is 1. The molecule has 1 aromatic heterocycles. The lowest BCUT2D eigenvalue weighted by molar-refractivity contribution is 0.624. The van der Waals surface area contributed by atoms with E-state index in [1.165, 1.54) is 36.4 Å². The van der Waals surface area contributed by atoms with Crippen molar-refractivity contribution in [3.8, 4) is 22.3 Å². The number of aromatic amines is 1. The maximum absolute atomic E-state index is 15.1. The highest BCUT2D eigenvalue weighted by Crippen LogP contribution is 2.40. The second-order valence-corrected chi connectivity index (χ2v) is 13.3. The third-order valence-electron chi connectivity index (χ3n) is 9.84. The van der Waals surface area contributed by atoms with Crippen molar-refractivity contribution in [1.29, 1.82) is 0 Å². The molecule has 1 heterocycles. The third-order valence-corrected chi connectivity index (χ3v) is 9.84. The highest BCUT2D eigenvalue weighted by Gasteiger charge is 2.19. The molecule has 0 radical (unpaired) electrons. The molecule has 0 saturated heterocycles. The van der Waals surface area contributed by atoms with Crippen LogP contribution in [0.5, 0.6) is 0 Å². The highest BCUT2D eigenvalue weighted by atomic mass is 19.1. The van der Waals surface area contributed by atoms with E-state index in [4.69, 9.17) is 0 Å². The first-order valence-corrected chi connectivity index (χ1v) is 17.8. The lowest BCUT2D eigenvalue weighted by atomic mass is 9.99. The lowest BCUT2D eigenvalue weighted by Crippen LogP contribution is -2.11. The van der Waals surface area contributed by atoms with Gasteiger partial charge in [-0.15, -0.1) is 0 Å². The molecule has 9 aromatic rings. The topological polar surface area (TPSA) is 22.3 Å². The summed E-state index contributed by atoms with van der Waals surface area (Å²) in [5.74, 6) is -1.64. The van der Waals surface area contributed by atoms with E-state index in [-0.39, 0.29) is 0 Å². The maximum Gasteiger partial charge on any atom is 0.147 e. The van der Waals surface area contributed by atoms with Gasteiger partial charge in [0.15, 0.2) is 0 Å². The number of para-hydroxylation sites is 2. The van der Waals surface area contributed by atoms with Gasteiger partial charge in [-0.25, -0.2) is 17.6 Å². The first kappa shape index (κ1) is 33.7. The fraction of sp³-hybridized carbons (Fsp3) is 0. The van der Waals surface area contributed by atoms with Crippen LogP contribution in [0.25, 0.3) is 44.1 Å². The zero-order chi connectivity index (χ0) is 37.5. The summed E-state index contributed by atoms with van der Waals surface area (Å²) >= 11 is 0. The van der Waals surface area contributed by atoms with Crippen LogP contribution < -0.4 is 9.80 Å². The minimum Gasteiger partial charge on any atom is -0.355 e. The van der Waals surface area contributed by atoms with Crippen molar-refractivity contribution in [2.45, 2.75) is 0 Å². The number of hydrogen-bond donors (Lipinski definition) is 1. The maximum atomic E-state index is 15.1. The van der Waals surface area contributed by atoms with Gasteiger partial charge in [0, 0.05) is 44.6 Å². The largest absolute Gasteiger partial charge is 0.355 e. The van der Waals surface area contributed by atoms with Crippen molar-refractivity contribution in [1.82, 2.24) is 4.98 Å². The number of H-pyrrole nitrogens is 1. The van der Waals surface area contributed by atoms with Crippen molar-refractivity contribution >= 4 is 55.9 Å². The summed E-state index contributed by atoms with van der Waals surface area (Å²) in [5.41, 5.74) is 8.98. The number of halogens is 4. The molecule has 3 nitrogen and oxygen atoms in total. The summed E-state index contributed by atoms with van der Waals surface area (Å²) in [6.45, 7) is 0. The molecule has 266 valence electrons. The van der Waals surface area contributed by atoms with E-state index in [1.807, 2.05) is 48.5 Å². The molecular weight excluding hydrogens is 695 g/mol. The van der Waals surface area contributed by atoms with Crippen molar-refractivity contribution < 1.29 is 17.6 Å². The summed E-state index contributed by atoms with van der Waals surface area (Å²) < 4.78 is 58.8. The van der Waals surface area contributed by atoms with E-state index < -0.39 is 23.3 Å². The summed E-state index contributed by atoms with van der Waals surface area (Å²) in [6.07, 6.45) is 0. The van der Waals surface area contributed by atoms with Crippen LogP contribution in [0.2, 0.25) is 0 Å². The number of nitrogens with zero attached hydrogens (tertiary/aromatic N) is 2. The zero-order valence-corrected chi connectivity index (χ0v) is 29.2. The van der Waals surface area contributed by atoms with Gasteiger partial charge in [-0.05, 0) is 131 Å². The lowest BCUT2D eigenvalue weighted by Gasteiger charge is -2.26. The molecule has 0 unspecified atom stereocenters. The fourth-order valence-corrected chi connectivity index (χ4v) is 7.21. The van der Waals surface area contributed by atoms with Crippen LogP contribution in [0.15, 0.2) is 182 Å². The molecule has 0 aliphatic rings. The molecule has 0 spiro atoms. The van der Waals surface area contributed by atoms with Crippen LogP contribution in [0.3, 0.4) is 0 Å². The standard InChI is InChI=1S/C48H31F4N3/c49-35-7-5-9-39(29-35)54(47-13-3-1-11-43(47)51)37-21-15-31(16-22-37)33-19-25-45-41(27-33)42-28-34(20-26-46(42)53-45)32-17-23-38(24-18-32)55(40-10-6-8-36(50)30-40)48-14-4-2-12-44(48)52/h1-30,53H. The smallest absolute Gasteiger partial charge is 0.147 e. The molecule has 0 saturated carbocycles. The number of anilines is 6. The zero-order valence-electron chi connectivity index (χ0n) is 29.2. The Kier molecular flexibility index (Phi) is 8.59. The molecule has 0 amide bonds. The summed E-state index contributed by atoms with van der Waals surface area (Å²) in [5, 5.41) is 2.11. The minimum atomic E-state index is -0.413. The van der Waals surface area contributed by atoms with Gasteiger partial charge in [0.25, 0.3) is 0 Å². The van der Waals surface area contributed by atoms with E-state index >= 15 is 8.78 Å². The van der Waals surface area contributed by atoms with Crippen LogP contribution in [-0.2, 0) is 0 Å². The van der Waals surface area contributed by atoms with Gasteiger partial charge < -0.3 is 14.8 Å². The van der Waals surface area contributed by atoms with Gasteiger partial charge in [0.1, 0.15) is 23.3 Å². The van der Waals surface area contributed by atoms with Gasteiger partial charge in [0.05, 0.1) is 11.4 Å². The number of benzene rings is 8. The second-order valence-electron chi connectivity index (χ2n) is 13.3. The molecule has 7 heteroatoms. The molecule has 0 bridgehead atoms. The van der Waals surface area contributed by atoms with E-state index in [9.17, 15) is 8.78 Å². The molecular formula is C48H31F4N3. The summed E-state index contributed by atoms with van der Waals surface area (Å²) in [6, 6.07) is 53.3. The Morgan fingerprint density at radius 2 is 0.727 bits per heavy atom. The average molecular weight is 726 g/mol. The first-order chi connectivity index (χ1) is 26.9. The molecule has 9 rings (SSSR count). The van der Waals surface area contributed by atoms with E-state index in [2.05, 4.69) is 41.4 Å². The van der Waals surface area contributed by atoms with Gasteiger partial charge in [-0.3, -0.25) is 0 Å². The Morgan fingerprint density at radius 1 is 0.327 bits per heavy atom. The first-order valence-electron chi connectivity index (χ1n) is 17.8. The van der Waals surface area contributed by atoms with Gasteiger partial charge in [-0.1, -0.05) is 72.8 Å². The predicted molar refractivity (Wildman–Crippen MR) is 216 cm³/mol. The third kappa shape index (κ3) is 6.46. The Balaban J connectivity index is 1.05. The van der Waals surface area contributed by atoms with Crippen LogP contribution in [0.4, 0.5) is 51.7 Å². The average Bonchev–Trinajstić information content (AvgIpc) is 3.58. The Bertz CT molecular complexity index is 2640. The second kappa shape index (κ2) is 14.0. The molecule has 55 heavy (non-hydrogen) atoms. The monoisotopic (exact) mass is 725 g/mol. The number of aromatic nitrogens is 1. The molecule has 0 aliphatic heterocycles. The normalized spacial score (nSPS) is 11.3. The van der Waals surface area contributed by atoms with Crippen LogP contribution >= 0.6 is 0 Å². The molecule has 0 fully saturated rings.